The van der Waals surface area contributed by atoms with Crippen LogP contribution in [0.5, 0.6) is 0 Å². The minimum Gasteiger partial charge on any atom is -0.241 e. The van der Waals surface area contributed by atoms with Crippen molar-refractivity contribution in [3.8, 4) is 0 Å². The van der Waals surface area contributed by atoms with Crippen molar-refractivity contribution in [3.05, 3.63) is 24.1 Å². The Morgan fingerprint density at radius 3 is 2.68 bits per heavy atom. The van der Waals surface area contributed by atoms with E-state index in [9.17, 15) is 12.8 Å². The van der Waals surface area contributed by atoms with Gasteiger partial charge in [-0.3, -0.25) is 0 Å². The average Bonchev–Trinajstić information content (AvgIpc) is 2.40. The molecule has 1 aromatic rings. The lowest BCUT2D eigenvalue weighted by Crippen LogP contribution is -2.33. The van der Waals surface area contributed by atoms with Gasteiger partial charge in [-0.15, -0.1) is 0 Å². The van der Waals surface area contributed by atoms with Gasteiger partial charge in [-0.1, -0.05) is 19.3 Å². The Bertz CT molecular complexity index is 527. The van der Waals surface area contributed by atoms with Crippen LogP contribution in [-0.2, 0) is 10.0 Å². The third kappa shape index (κ3) is 3.30. The van der Waals surface area contributed by atoms with E-state index in [0.29, 0.717) is 12.5 Å². The first-order chi connectivity index (χ1) is 9.01. The first kappa shape index (κ1) is 14.4. The monoisotopic (exact) mass is 286 g/mol. The second-order valence-corrected chi connectivity index (χ2v) is 7.04. The molecule has 0 radical (unpaired) electrons. The maximum atomic E-state index is 13.6. The molecule has 1 saturated carbocycles. The number of rotatable bonds is 4. The summed E-state index contributed by atoms with van der Waals surface area (Å²) in [4.78, 5) is 3.66. The van der Waals surface area contributed by atoms with Crippen molar-refractivity contribution in [3.63, 3.8) is 0 Å². The quantitative estimate of drug-likeness (QED) is 0.854. The molecule has 106 valence electrons. The number of halogens is 1. The smallest absolute Gasteiger partial charge is 0.241 e. The van der Waals surface area contributed by atoms with Gasteiger partial charge in [0.05, 0.1) is 0 Å². The summed E-state index contributed by atoms with van der Waals surface area (Å²) in [5.41, 5.74) is 0. The predicted octanol–water partition coefficient (Wildman–Crippen LogP) is 2.42. The van der Waals surface area contributed by atoms with E-state index in [-0.39, 0.29) is 0 Å². The summed E-state index contributed by atoms with van der Waals surface area (Å²) < 4.78 is 39.3. The van der Waals surface area contributed by atoms with Gasteiger partial charge in [-0.25, -0.2) is 17.8 Å². The Kier molecular flexibility index (Phi) is 4.52. The number of pyridine rings is 1. The average molecular weight is 286 g/mol. The SMILES string of the molecule is CN(CC1CCCCC1)S(=O)(=O)c1ncccc1F. The number of aromatic nitrogens is 1. The highest BCUT2D eigenvalue weighted by Crippen LogP contribution is 2.26. The van der Waals surface area contributed by atoms with Crippen molar-refractivity contribution in [2.45, 2.75) is 37.1 Å². The summed E-state index contributed by atoms with van der Waals surface area (Å²) >= 11 is 0. The summed E-state index contributed by atoms with van der Waals surface area (Å²) in [6.45, 7) is 0.443. The van der Waals surface area contributed by atoms with E-state index in [1.54, 1.807) is 0 Å². The molecule has 1 heterocycles. The minimum atomic E-state index is -3.82. The molecule has 6 heteroatoms. The number of hydrogen-bond acceptors (Lipinski definition) is 3. The molecule has 0 N–H and O–H groups in total. The summed E-state index contributed by atoms with van der Waals surface area (Å²) in [6.07, 6.45) is 6.91. The molecule has 0 spiro atoms. The van der Waals surface area contributed by atoms with E-state index in [4.69, 9.17) is 0 Å². The second kappa shape index (κ2) is 5.96. The van der Waals surface area contributed by atoms with Gasteiger partial charge in [0.2, 0.25) is 5.03 Å². The first-order valence-electron chi connectivity index (χ1n) is 6.58. The molecule has 0 amide bonds. The fraction of sp³-hybridized carbons (Fsp3) is 0.615. The van der Waals surface area contributed by atoms with E-state index in [1.165, 1.54) is 30.0 Å². The normalized spacial score (nSPS) is 17.8. The Balaban J connectivity index is 2.13. The Morgan fingerprint density at radius 1 is 1.37 bits per heavy atom. The zero-order valence-corrected chi connectivity index (χ0v) is 11.9. The van der Waals surface area contributed by atoms with E-state index < -0.39 is 20.9 Å². The topological polar surface area (TPSA) is 50.3 Å². The molecule has 0 saturated heterocycles. The van der Waals surface area contributed by atoms with Crippen LogP contribution < -0.4 is 0 Å². The van der Waals surface area contributed by atoms with Gasteiger partial charge in [0.15, 0.2) is 5.82 Å². The fourth-order valence-corrected chi connectivity index (χ4v) is 3.75. The second-order valence-electron chi connectivity index (χ2n) is 5.08. The van der Waals surface area contributed by atoms with E-state index in [2.05, 4.69) is 4.98 Å². The van der Waals surface area contributed by atoms with Crippen LogP contribution in [0.4, 0.5) is 4.39 Å². The fourth-order valence-electron chi connectivity index (χ4n) is 2.54. The first-order valence-corrected chi connectivity index (χ1v) is 8.02. The minimum absolute atomic E-state index is 0.375. The Morgan fingerprint density at radius 2 is 2.05 bits per heavy atom. The summed E-state index contributed by atoms with van der Waals surface area (Å²) in [5, 5.41) is -0.478. The predicted molar refractivity (Wildman–Crippen MR) is 70.6 cm³/mol. The number of sulfonamides is 1. The van der Waals surface area contributed by atoms with Crippen LogP contribution >= 0.6 is 0 Å². The van der Waals surface area contributed by atoms with Gasteiger partial charge in [0.1, 0.15) is 0 Å². The van der Waals surface area contributed by atoms with Crippen molar-refractivity contribution in [1.29, 1.82) is 0 Å². The van der Waals surface area contributed by atoms with Crippen molar-refractivity contribution < 1.29 is 12.8 Å². The maximum absolute atomic E-state index is 13.6. The third-order valence-corrected chi connectivity index (χ3v) is 5.38. The molecule has 1 aliphatic carbocycles. The lowest BCUT2D eigenvalue weighted by molar-refractivity contribution is 0.299. The molecule has 0 unspecified atom stereocenters. The van der Waals surface area contributed by atoms with Gasteiger partial charge in [0, 0.05) is 19.8 Å². The molecule has 1 fully saturated rings. The van der Waals surface area contributed by atoms with E-state index in [1.807, 2.05) is 0 Å². The van der Waals surface area contributed by atoms with Crippen LogP contribution in [0.15, 0.2) is 23.4 Å². The molecule has 2 rings (SSSR count). The zero-order valence-electron chi connectivity index (χ0n) is 11.0. The lowest BCUT2D eigenvalue weighted by atomic mass is 9.89. The summed E-state index contributed by atoms with van der Waals surface area (Å²) in [5.74, 6) is -0.418. The number of hydrogen-bond donors (Lipinski definition) is 0. The summed E-state index contributed by atoms with van der Waals surface area (Å²) in [7, 11) is -2.32. The largest absolute Gasteiger partial charge is 0.263 e. The molecule has 0 aliphatic heterocycles. The van der Waals surface area contributed by atoms with Crippen molar-refractivity contribution >= 4 is 10.0 Å². The van der Waals surface area contributed by atoms with Crippen LogP contribution in [0.1, 0.15) is 32.1 Å². The standard InChI is InChI=1S/C13H19FN2O2S/c1-16(10-11-6-3-2-4-7-11)19(17,18)13-12(14)8-5-9-15-13/h5,8-9,11H,2-4,6-7,10H2,1H3. The summed E-state index contributed by atoms with van der Waals surface area (Å²) in [6, 6.07) is 2.50. The highest BCUT2D eigenvalue weighted by atomic mass is 32.2. The van der Waals surface area contributed by atoms with Crippen LogP contribution in [-0.4, -0.2) is 31.3 Å². The van der Waals surface area contributed by atoms with Crippen molar-refractivity contribution in [1.82, 2.24) is 9.29 Å². The van der Waals surface area contributed by atoms with Gasteiger partial charge < -0.3 is 0 Å². The number of nitrogens with zero attached hydrogens (tertiary/aromatic N) is 2. The highest BCUT2D eigenvalue weighted by Gasteiger charge is 2.28. The highest BCUT2D eigenvalue weighted by molar-refractivity contribution is 7.89. The molecular weight excluding hydrogens is 267 g/mol. The van der Waals surface area contributed by atoms with Gasteiger partial charge in [-0.05, 0) is 30.9 Å². The van der Waals surface area contributed by atoms with Gasteiger partial charge in [-0.2, -0.15) is 4.31 Å². The van der Waals surface area contributed by atoms with Crippen LogP contribution in [0.2, 0.25) is 0 Å². The molecule has 0 aromatic carbocycles. The van der Waals surface area contributed by atoms with Crippen LogP contribution in [0.25, 0.3) is 0 Å². The van der Waals surface area contributed by atoms with Crippen LogP contribution in [0.3, 0.4) is 0 Å². The molecule has 1 aliphatic rings. The van der Waals surface area contributed by atoms with Crippen molar-refractivity contribution in [2.24, 2.45) is 5.92 Å². The lowest BCUT2D eigenvalue weighted by Gasteiger charge is -2.26. The Labute approximate surface area is 113 Å². The van der Waals surface area contributed by atoms with E-state index >= 15 is 0 Å². The molecule has 0 atom stereocenters. The molecule has 1 aromatic heterocycles. The molecular formula is C13H19FN2O2S. The molecule has 4 nitrogen and oxygen atoms in total. The van der Waals surface area contributed by atoms with Crippen LogP contribution in [0, 0.1) is 11.7 Å². The third-order valence-electron chi connectivity index (χ3n) is 3.62. The zero-order chi connectivity index (χ0) is 13.9. The van der Waals surface area contributed by atoms with E-state index in [0.717, 1.165) is 31.7 Å². The maximum Gasteiger partial charge on any atom is 0.263 e. The molecule has 19 heavy (non-hydrogen) atoms. The molecule has 0 bridgehead atoms. The van der Waals surface area contributed by atoms with Gasteiger partial charge in [0.25, 0.3) is 10.0 Å². The van der Waals surface area contributed by atoms with Crippen molar-refractivity contribution in [2.75, 3.05) is 13.6 Å². The van der Waals surface area contributed by atoms with Gasteiger partial charge >= 0.3 is 0 Å². The Hall–Kier alpha value is -1.01.